The van der Waals surface area contributed by atoms with Crippen molar-refractivity contribution in [2.24, 2.45) is 17.8 Å². The van der Waals surface area contributed by atoms with E-state index in [0.29, 0.717) is 24.3 Å². The van der Waals surface area contributed by atoms with Crippen LogP contribution in [-0.4, -0.2) is 95.7 Å². The molecule has 0 radical (unpaired) electrons. The number of alkyl halides is 1. The molecule has 3 aliphatic heterocycles. The fourth-order valence-electron chi connectivity index (χ4n) is 12.6. The molecule has 0 spiro atoms. The monoisotopic (exact) mass is 1190 g/mol. The average molecular weight is 1190 g/mol. The van der Waals surface area contributed by atoms with Crippen LogP contribution in [0.5, 0.6) is 0 Å². The Balaban J connectivity index is 0.000000136. The van der Waals surface area contributed by atoms with Gasteiger partial charge in [0, 0.05) is 57.7 Å². The molecule has 12 nitrogen and oxygen atoms in total. The number of likely N-dealkylation sites (tertiary alicyclic amines) is 2. The minimum atomic E-state index is 0.0109. The summed E-state index contributed by atoms with van der Waals surface area (Å²) in [4.78, 5) is 48.7. The second-order valence-electron chi connectivity index (χ2n) is 23.1. The van der Waals surface area contributed by atoms with Crippen molar-refractivity contribution in [1.82, 2.24) is 43.4 Å². The van der Waals surface area contributed by atoms with Gasteiger partial charge >= 0.3 is 17.1 Å². The molecule has 84 heavy (non-hydrogen) atoms. The summed E-state index contributed by atoms with van der Waals surface area (Å²) in [7, 11) is 0. The zero-order chi connectivity index (χ0) is 57.7. The van der Waals surface area contributed by atoms with E-state index in [9.17, 15) is 14.4 Å². The lowest BCUT2D eigenvalue weighted by atomic mass is 9.97. The summed E-state index contributed by atoms with van der Waals surface area (Å²) in [6.45, 7) is 12.0. The summed E-state index contributed by atoms with van der Waals surface area (Å²) < 4.78 is 7.79. The van der Waals surface area contributed by atoms with E-state index in [-0.39, 0.29) is 17.1 Å². The molecule has 13 heteroatoms. The van der Waals surface area contributed by atoms with Crippen LogP contribution in [-0.2, 0) is 51.9 Å². The highest BCUT2D eigenvalue weighted by atomic mass is 79.9. The molecule has 7 aromatic carbocycles. The maximum absolute atomic E-state index is 13.5. The Hall–Kier alpha value is -7.29. The number of benzene rings is 7. The summed E-state index contributed by atoms with van der Waals surface area (Å²) in [6.07, 6.45) is 11.4. The molecule has 10 aromatic rings. The van der Waals surface area contributed by atoms with Crippen molar-refractivity contribution in [3.05, 3.63) is 248 Å². The minimum Gasteiger partial charge on any atom is -0.316 e. The van der Waals surface area contributed by atoms with Crippen molar-refractivity contribution in [3.8, 4) is 0 Å². The Morgan fingerprint density at radius 3 is 1.23 bits per heavy atom. The highest BCUT2D eigenvalue weighted by Gasteiger charge is 2.24. The lowest BCUT2D eigenvalue weighted by Crippen LogP contribution is -2.39. The number of fused-ring (bicyclic) bond motifs is 3. The SMILES string of the molecule is BrCCc1ccccc1.O=c1[nH]c2ccccc2n1CC1CCCN(CCc2ccccc2)C1.O=c1[nH]c2ccccc2n1CC1CCCNC1.O=c1n(CCc2ccccc2)c2ccccc2n1CC1CCCN(CCc2ccccc2)C1. The zero-order valence-corrected chi connectivity index (χ0v) is 50.3. The predicted octanol–water partition coefficient (Wildman–Crippen LogP) is 12.2. The van der Waals surface area contributed by atoms with Crippen LogP contribution in [0.1, 0.15) is 60.8 Å². The number of aromatic nitrogens is 6. The van der Waals surface area contributed by atoms with Crippen LogP contribution in [0.4, 0.5) is 0 Å². The van der Waals surface area contributed by atoms with E-state index >= 15 is 0 Å². The third-order valence-corrected chi connectivity index (χ3v) is 17.4. The van der Waals surface area contributed by atoms with E-state index in [0.717, 1.165) is 130 Å². The largest absolute Gasteiger partial charge is 0.329 e. The van der Waals surface area contributed by atoms with Gasteiger partial charge in [0.05, 0.1) is 33.1 Å². The van der Waals surface area contributed by atoms with Crippen LogP contribution in [0.15, 0.2) is 209 Å². The number of halogens is 1. The van der Waals surface area contributed by atoms with Gasteiger partial charge in [-0.25, -0.2) is 14.4 Å². The zero-order valence-electron chi connectivity index (χ0n) is 48.8. The molecule has 0 saturated carbocycles. The second-order valence-corrected chi connectivity index (χ2v) is 23.9. The van der Waals surface area contributed by atoms with E-state index in [4.69, 9.17) is 0 Å². The lowest BCUT2D eigenvalue weighted by molar-refractivity contribution is 0.164. The quantitative estimate of drug-likeness (QED) is 0.0781. The van der Waals surface area contributed by atoms with Crippen molar-refractivity contribution < 1.29 is 0 Å². The number of hydrogen-bond acceptors (Lipinski definition) is 6. The van der Waals surface area contributed by atoms with Crippen LogP contribution in [0, 0.1) is 17.8 Å². The molecule has 0 amide bonds. The first-order valence-corrected chi connectivity index (χ1v) is 31.9. The molecule has 3 unspecified atom stereocenters. The van der Waals surface area contributed by atoms with E-state index in [1.54, 1.807) is 0 Å². The number of nitrogens with one attached hydrogen (secondary N) is 3. The van der Waals surface area contributed by atoms with Crippen molar-refractivity contribution in [2.45, 2.75) is 90.4 Å². The maximum atomic E-state index is 13.5. The Kier molecular flexibility index (Phi) is 22.1. The number of imidazole rings is 3. The molecule has 3 aliphatic rings. The second kappa shape index (κ2) is 31.0. The maximum Gasteiger partial charge on any atom is 0.329 e. The smallest absolute Gasteiger partial charge is 0.316 e. The third-order valence-electron chi connectivity index (χ3n) is 17.0. The van der Waals surface area contributed by atoms with Gasteiger partial charge in [-0.1, -0.05) is 174 Å². The van der Waals surface area contributed by atoms with Gasteiger partial charge in [0.2, 0.25) is 0 Å². The van der Waals surface area contributed by atoms with Gasteiger partial charge in [-0.05, 0) is 167 Å². The Morgan fingerprint density at radius 1 is 0.393 bits per heavy atom. The van der Waals surface area contributed by atoms with Gasteiger partial charge in [0.15, 0.2) is 0 Å². The first-order chi connectivity index (χ1) is 41.3. The molecule has 438 valence electrons. The van der Waals surface area contributed by atoms with E-state index in [1.165, 1.54) is 67.3 Å². The summed E-state index contributed by atoms with van der Waals surface area (Å²) in [5, 5.41) is 4.44. The topological polar surface area (TPSA) is 121 Å². The molecule has 3 aromatic heterocycles. The Morgan fingerprint density at radius 2 is 0.774 bits per heavy atom. The van der Waals surface area contributed by atoms with E-state index < -0.39 is 0 Å². The average Bonchev–Trinajstić information content (AvgIpc) is 3.46. The minimum absolute atomic E-state index is 0.0109. The number of rotatable bonds is 17. The number of nitrogens with zero attached hydrogens (tertiary/aromatic N) is 6. The van der Waals surface area contributed by atoms with E-state index in [1.807, 2.05) is 91.1 Å². The van der Waals surface area contributed by atoms with E-state index in [2.05, 4.69) is 162 Å². The Bertz CT molecular complexity index is 3730. The van der Waals surface area contributed by atoms with Crippen LogP contribution in [0.25, 0.3) is 33.1 Å². The fourth-order valence-corrected chi connectivity index (χ4v) is 13.1. The molecule has 13 rings (SSSR count). The Labute approximate surface area is 503 Å². The predicted molar refractivity (Wildman–Crippen MR) is 350 cm³/mol. The molecule has 6 heterocycles. The third kappa shape index (κ3) is 16.7. The number of para-hydroxylation sites is 6. The van der Waals surface area contributed by atoms with Crippen molar-refractivity contribution in [3.63, 3.8) is 0 Å². The molecule has 3 atom stereocenters. The molecule has 0 bridgehead atoms. The number of H-pyrrole nitrogens is 2. The normalized spacial score (nSPS) is 17.4. The number of hydrogen-bond donors (Lipinski definition) is 3. The van der Waals surface area contributed by atoms with Gasteiger partial charge in [-0.3, -0.25) is 18.3 Å². The van der Waals surface area contributed by atoms with Crippen LogP contribution < -0.4 is 22.4 Å². The molecular weight excluding hydrogens is 1110 g/mol. The number of aromatic amines is 2. The summed E-state index contributed by atoms with van der Waals surface area (Å²) in [6, 6.07) is 66.5. The van der Waals surface area contributed by atoms with Gasteiger partial charge in [0.1, 0.15) is 0 Å². The summed E-state index contributed by atoms with van der Waals surface area (Å²) in [5.41, 5.74) is 11.6. The molecule has 3 N–H and O–H groups in total. The van der Waals surface area contributed by atoms with Gasteiger partial charge in [-0.15, -0.1) is 0 Å². The lowest BCUT2D eigenvalue weighted by Gasteiger charge is -2.33. The molecule has 3 saturated heterocycles. The van der Waals surface area contributed by atoms with Crippen LogP contribution in [0.3, 0.4) is 0 Å². The van der Waals surface area contributed by atoms with Crippen LogP contribution in [0.2, 0.25) is 0 Å². The number of aryl methyl sites for hydroxylation is 3. The highest BCUT2D eigenvalue weighted by Crippen LogP contribution is 2.24. The first-order valence-electron chi connectivity index (χ1n) is 30.8. The summed E-state index contributed by atoms with van der Waals surface area (Å²) >= 11 is 3.39. The molecular formula is C71H84BrN9O3. The summed E-state index contributed by atoms with van der Waals surface area (Å²) in [5.74, 6) is 1.63. The van der Waals surface area contributed by atoms with Crippen molar-refractivity contribution in [1.29, 1.82) is 0 Å². The van der Waals surface area contributed by atoms with Gasteiger partial charge < -0.3 is 25.1 Å². The van der Waals surface area contributed by atoms with Crippen LogP contribution >= 0.6 is 15.9 Å². The standard InChI is InChI=1S/C29H33N3O.C21H25N3O.C13H17N3O.C8H9Br/c33-29-31(21-18-25-12-5-2-6-13-25)27-15-7-8-16-28(27)32(29)23-26-14-9-19-30(22-26)20-17-24-10-3-1-4-11-24;25-21-22-19-10-4-5-11-20(19)24(21)16-18-9-6-13-23(15-18)14-12-17-7-2-1-3-8-17;17-13-15-11-5-1-2-6-12(11)16(13)9-10-4-3-7-14-8-10;9-7-6-8-4-2-1-3-5-8/h1-8,10-13,15-16,26H,9,14,17-23H2;1-5,7-8,10-11,18H,6,9,12-16H2,(H,22,25);1-2,5-6,10,14H,3-4,7-9H2,(H,15,17);1-5H,6-7H2. The first kappa shape index (κ1) is 59.9. The highest BCUT2D eigenvalue weighted by molar-refractivity contribution is 9.09. The van der Waals surface area contributed by atoms with Crippen molar-refractivity contribution in [2.75, 3.05) is 57.7 Å². The fraction of sp³-hybridized carbons (Fsp3) is 0.366. The molecule has 0 aliphatic carbocycles. The van der Waals surface area contributed by atoms with Crippen molar-refractivity contribution >= 4 is 49.0 Å². The van der Waals surface area contributed by atoms with Gasteiger partial charge in [0.25, 0.3) is 0 Å². The number of piperidine rings is 3. The van der Waals surface area contributed by atoms with Gasteiger partial charge in [-0.2, -0.15) is 0 Å². The molecule has 3 fully saturated rings.